The highest BCUT2D eigenvalue weighted by atomic mass is 16.5. The predicted molar refractivity (Wildman–Crippen MR) is 135 cm³/mol. The molecule has 3 heterocycles. The Labute approximate surface area is 207 Å². The molecule has 10 nitrogen and oxygen atoms in total. The van der Waals surface area contributed by atoms with Crippen LogP contribution in [0.15, 0.2) is 42.9 Å². The molecule has 0 aliphatic carbocycles. The van der Waals surface area contributed by atoms with Gasteiger partial charge in [-0.1, -0.05) is 19.9 Å². The molecule has 35 heavy (non-hydrogen) atoms. The lowest BCUT2D eigenvalue weighted by Crippen LogP contribution is -2.12. The Bertz CT molecular complexity index is 1220. The summed E-state index contributed by atoms with van der Waals surface area (Å²) in [5.41, 5.74) is 2.56. The maximum atomic E-state index is 5.48. The van der Waals surface area contributed by atoms with Crippen LogP contribution in [0.5, 0.6) is 11.5 Å². The summed E-state index contributed by atoms with van der Waals surface area (Å²) >= 11 is 0. The molecule has 0 bridgehead atoms. The van der Waals surface area contributed by atoms with Crippen LogP contribution in [0.4, 0.5) is 0 Å². The zero-order chi connectivity index (χ0) is 25.5. The minimum absolute atomic E-state index is 0. The van der Waals surface area contributed by atoms with E-state index in [0.29, 0.717) is 23.2 Å². The molecule has 188 valence electrons. The van der Waals surface area contributed by atoms with Crippen molar-refractivity contribution in [1.82, 2.24) is 34.5 Å². The molecule has 10 heteroatoms. The fraction of sp³-hybridized carbons (Fsp3) is 0.400. The Balaban J connectivity index is 0.000000281. The smallest absolute Gasteiger partial charge is 0.189 e. The number of hydrogen-bond donors (Lipinski definition) is 0. The Kier molecular flexibility index (Phi) is 8.53. The number of benzene rings is 1. The molecule has 0 unspecified atom stereocenters. The largest absolute Gasteiger partial charge is 0.494 e. The van der Waals surface area contributed by atoms with Crippen LogP contribution in [-0.4, -0.2) is 55.8 Å². The maximum absolute atomic E-state index is 5.48. The van der Waals surface area contributed by atoms with Crippen LogP contribution in [-0.2, 0) is 11.8 Å². The van der Waals surface area contributed by atoms with Crippen LogP contribution >= 0.6 is 0 Å². The van der Waals surface area contributed by atoms with Gasteiger partial charge < -0.3 is 14.2 Å². The Morgan fingerprint density at radius 3 is 2.03 bits per heavy atom. The van der Waals surface area contributed by atoms with Gasteiger partial charge in [0.2, 0.25) is 0 Å². The van der Waals surface area contributed by atoms with Crippen LogP contribution in [0, 0.1) is 19.8 Å². The lowest BCUT2D eigenvalue weighted by molar-refractivity contribution is 0.0574. The van der Waals surface area contributed by atoms with E-state index in [9.17, 15) is 0 Å². The number of ether oxygens (including phenoxy) is 3. The summed E-state index contributed by atoms with van der Waals surface area (Å²) in [5.74, 6) is 3.89. The van der Waals surface area contributed by atoms with Crippen LogP contribution in [0.2, 0.25) is 0 Å². The second kappa shape index (κ2) is 11.6. The van der Waals surface area contributed by atoms with Crippen LogP contribution in [0.1, 0.15) is 38.6 Å². The maximum Gasteiger partial charge on any atom is 0.189 e. The highest BCUT2D eigenvalue weighted by Crippen LogP contribution is 2.35. The Morgan fingerprint density at radius 2 is 1.54 bits per heavy atom. The van der Waals surface area contributed by atoms with Gasteiger partial charge in [-0.15, -0.1) is 10.2 Å². The lowest BCUT2D eigenvalue weighted by Gasteiger charge is -2.17. The van der Waals surface area contributed by atoms with Crippen molar-refractivity contribution in [3.63, 3.8) is 0 Å². The first-order chi connectivity index (χ1) is 16.8. The number of para-hydroxylation sites is 1. The fourth-order valence-electron chi connectivity index (χ4n) is 3.61. The summed E-state index contributed by atoms with van der Waals surface area (Å²) in [6.07, 6.45) is 5.50. The molecule has 4 aromatic rings. The average Bonchev–Trinajstić information content (AvgIpc) is 3.45. The molecule has 0 radical (unpaired) electrons. The van der Waals surface area contributed by atoms with E-state index in [0.717, 1.165) is 28.6 Å². The van der Waals surface area contributed by atoms with Crippen LogP contribution in [0.25, 0.3) is 17.2 Å². The van der Waals surface area contributed by atoms with Gasteiger partial charge in [-0.25, -0.2) is 9.97 Å². The van der Waals surface area contributed by atoms with Gasteiger partial charge in [-0.05, 0) is 43.5 Å². The first-order valence-corrected chi connectivity index (χ1v) is 11.2. The molecule has 4 rings (SSSR count). The van der Waals surface area contributed by atoms with E-state index >= 15 is 0 Å². The third-order valence-corrected chi connectivity index (χ3v) is 5.31. The van der Waals surface area contributed by atoms with Crippen LogP contribution < -0.4 is 9.47 Å². The third kappa shape index (κ3) is 5.83. The average molecular weight is 482 g/mol. The quantitative estimate of drug-likeness (QED) is 0.383. The second-order valence-corrected chi connectivity index (χ2v) is 8.31. The van der Waals surface area contributed by atoms with E-state index in [4.69, 9.17) is 14.2 Å². The molecule has 0 saturated heterocycles. The molecule has 1 aromatic carbocycles. The van der Waals surface area contributed by atoms with Gasteiger partial charge in [0.1, 0.15) is 34.8 Å². The van der Waals surface area contributed by atoms with Gasteiger partial charge in [-0.3, -0.25) is 9.25 Å². The number of methoxy groups -OCH3 is 3. The van der Waals surface area contributed by atoms with E-state index in [1.54, 1.807) is 26.0 Å². The summed E-state index contributed by atoms with van der Waals surface area (Å²) in [4.78, 5) is 8.47. The minimum atomic E-state index is 0. The molecule has 0 fully saturated rings. The van der Waals surface area contributed by atoms with Crippen molar-refractivity contribution in [3.05, 3.63) is 60.1 Å². The topological polar surface area (TPSA) is 102 Å². The van der Waals surface area contributed by atoms with Gasteiger partial charge in [0, 0.05) is 34.2 Å². The van der Waals surface area contributed by atoms with E-state index in [1.807, 2.05) is 68.3 Å². The molecular weight excluding hydrogens is 446 g/mol. The zero-order valence-corrected chi connectivity index (χ0v) is 21.6. The summed E-state index contributed by atoms with van der Waals surface area (Å²) in [6, 6.07) is 7.52. The molecule has 0 saturated carbocycles. The number of hydrogen-bond acceptors (Lipinski definition) is 8. The Hall–Kier alpha value is -3.79. The van der Waals surface area contributed by atoms with Crippen molar-refractivity contribution in [1.29, 1.82) is 0 Å². The van der Waals surface area contributed by atoms with Crippen molar-refractivity contribution >= 4 is 0 Å². The van der Waals surface area contributed by atoms with Crippen molar-refractivity contribution in [2.24, 2.45) is 13.0 Å². The van der Waals surface area contributed by atoms with Crippen molar-refractivity contribution in [2.75, 3.05) is 21.3 Å². The summed E-state index contributed by atoms with van der Waals surface area (Å²) in [7, 11) is 6.80. The monoisotopic (exact) mass is 481 g/mol. The Morgan fingerprint density at radius 1 is 0.914 bits per heavy atom. The molecule has 0 aliphatic heterocycles. The van der Waals surface area contributed by atoms with E-state index < -0.39 is 0 Å². The van der Waals surface area contributed by atoms with Gasteiger partial charge in [-0.2, -0.15) is 5.10 Å². The highest BCUT2D eigenvalue weighted by Gasteiger charge is 2.21. The van der Waals surface area contributed by atoms with Gasteiger partial charge >= 0.3 is 0 Å². The lowest BCUT2D eigenvalue weighted by atomic mass is 10.1. The predicted octanol–water partition coefficient (Wildman–Crippen LogP) is 4.37. The van der Waals surface area contributed by atoms with Gasteiger partial charge in [0.25, 0.3) is 0 Å². The normalized spacial score (nSPS) is 11.7. The highest BCUT2D eigenvalue weighted by molar-refractivity contribution is 5.63. The van der Waals surface area contributed by atoms with Crippen LogP contribution in [0.3, 0.4) is 0 Å². The van der Waals surface area contributed by atoms with E-state index in [1.165, 1.54) is 0 Å². The molecule has 0 N–H and O–H groups in total. The van der Waals surface area contributed by atoms with E-state index in [-0.39, 0.29) is 7.53 Å². The van der Waals surface area contributed by atoms with Gasteiger partial charge in [0.15, 0.2) is 11.6 Å². The SMILES string of the molecule is CO[C@H](c1ncc(C)cn1)C(C)C.COc1cccc(OC)c1-n1c(C)nnc1-c1ccn(C)n1.[HH]. The second-order valence-electron chi connectivity index (χ2n) is 8.31. The molecular formula is C25H35N7O3. The summed E-state index contributed by atoms with van der Waals surface area (Å²) in [5, 5.41) is 12.8. The number of nitrogens with zero attached hydrogens (tertiary/aromatic N) is 7. The van der Waals surface area contributed by atoms with Crippen molar-refractivity contribution in [2.45, 2.75) is 33.8 Å². The number of rotatable bonds is 7. The first kappa shape index (κ1) is 25.8. The van der Waals surface area contributed by atoms with E-state index in [2.05, 4.69) is 39.1 Å². The first-order valence-electron chi connectivity index (χ1n) is 11.2. The summed E-state index contributed by atoms with van der Waals surface area (Å²) < 4.78 is 19.9. The molecule has 0 aliphatic rings. The van der Waals surface area contributed by atoms with Crippen molar-refractivity contribution in [3.8, 4) is 28.7 Å². The molecule has 0 amide bonds. The minimum Gasteiger partial charge on any atom is -0.494 e. The standard InChI is InChI=1S/C15H17N5O2.C10H16N2O.H2/c1-10-16-17-15(11-8-9-19(2)18-11)20(10)14-12(21-3)6-5-7-13(14)22-4;1-7(2)9(13-4)10-11-5-8(3)6-12-10;/h5-9H,1-4H3;5-7,9H,1-4H3;1H/t;9-;/m.0./s1. The zero-order valence-electron chi connectivity index (χ0n) is 21.6. The number of aryl methyl sites for hydroxylation is 3. The summed E-state index contributed by atoms with van der Waals surface area (Å²) in [6.45, 7) is 8.04. The third-order valence-electron chi connectivity index (χ3n) is 5.31. The fourth-order valence-corrected chi connectivity index (χ4v) is 3.61. The van der Waals surface area contributed by atoms with Gasteiger partial charge in [0.05, 0.1) is 14.2 Å². The molecule has 3 aromatic heterocycles. The number of aromatic nitrogens is 7. The molecule has 1 atom stereocenters. The van der Waals surface area contributed by atoms with Crippen molar-refractivity contribution < 1.29 is 15.6 Å². The molecule has 0 spiro atoms.